The van der Waals surface area contributed by atoms with Crippen molar-refractivity contribution in [1.82, 2.24) is 14.9 Å². The van der Waals surface area contributed by atoms with Crippen molar-refractivity contribution in [2.45, 2.75) is 13.8 Å². The van der Waals surface area contributed by atoms with Crippen molar-refractivity contribution in [1.29, 1.82) is 0 Å². The van der Waals surface area contributed by atoms with Crippen molar-refractivity contribution in [3.05, 3.63) is 75.9 Å². The number of anilines is 3. The monoisotopic (exact) mass is 465 g/mol. The van der Waals surface area contributed by atoms with E-state index in [0.717, 1.165) is 21.7 Å². The molecular formula is C23H24BrN5O. The third-order valence-electron chi connectivity index (χ3n) is 5.09. The molecule has 0 atom stereocenters. The van der Waals surface area contributed by atoms with Gasteiger partial charge >= 0.3 is 0 Å². The van der Waals surface area contributed by atoms with Crippen molar-refractivity contribution in [2.75, 3.05) is 36.4 Å². The second kappa shape index (κ2) is 8.83. The number of hydrogen-bond donors (Lipinski definition) is 1. The summed E-state index contributed by atoms with van der Waals surface area (Å²) in [6, 6.07) is 17.7. The lowest BCUT2D eigenvalue weighted by Gasteiger charge is -2.35. The molecule has 2 aromatic carbocycles. The Kier molecular flexibility index (Phi) is 5.99. The quantitative estimate of drug-likeness (QED) is 0.611. The molecule has 4 rings (SSSR count). The summed E-state index contributed by atoms with van der Waals surface area (Å²) in [6.07, 6.45) is 0. The van der Waals surface area contributed by atoms with Crippen molar-refractivity contribution < 1.29 is 4.79 Å². The van der Waals surface area contributed by atoms with Gasteiger partial charge in [-0.2, -0.15) is 4.98 Å². The van der Waals surface area contributed by atoms with Gasteiger partial charge in [-0.25, -0.2) is 4.98 Å². The standard InChI is InChI=1S/C23H24BrN5O/c1-16-6-8-20(9-7-16)26-21-14-17(2)25-23(27-21)29-12-10-28(11-13-29)22(30)18-4-3-5-19(24)15-18/h3-9,14-15H,10-13H2,1-2H3,(H,25,26,27). The predicted molar refractivity (Wildman–Crippen MR) is 123 cm³/mol. The summed E-state index contributed by atoms with van der Waals surface area (Å²) in [5.41, 5.74) is 3.82. The van der Waals surface area contributed by atoms with Crippen LogP contribution in [0.25, 0.3) is 0 Å². The van der Waals surface area contributed by atoms with E-state index in [2.05, 4.69) is 50.2 Å². The van der Waals surface area contributed by atoms with Crippen LogP contribution in [0.5, 0.6) is 0 Å². The average Bonchev–Trinajstić information content (AvgIpc) is 2.74. The normalized spacial score (nSPS) is 14.0. The maximum Gasteiger partial charge on any atom is 0.254 e. The smallest absolute Gasteiger partial charge is 0.254 e. The minimum Gasteiger partial charge on any atom is -0.340 e. The second-order valence-electron chi connectivity index (χ2n) is 7.48. The number of carbonyl (C=O) groups excluding carboxylic acids is 1. The highest BCUT2D eigenvalue weighted by atomic mass is 79.9. The molecule has 1 aliphatic heterocycles. The largest absolute Gasteiger partial charge is 0.340 e. The molecule has 1 N–H and O–H groups in total. The fourth-order valence-electron chi connectivity index (χ4n) is 3.46. The molecule has 1 aliphatic rings. The van der Waals surface area contributed by atoms with E-state index in [1.54, 1.807) is 0 Å². The molecule has 1 amide bonds. The second-order valence-corrected chi connectivity index (χ2v) is 8.39. The Morgan fingerprint density at radius 1 is 0.967 bits per heavy atom. The molecule has 6 nitrogen and oxygen atoms in total. The maximum atomic E-state index is 12.8. The minimum atomic E-state index is 0.0582. The molecule has 2 heterocycles. The Labute approximate surface area is 185 Å². The van der Waals surface area contributed by atoms with Crippen molar-refractivity contribution in [2.24, 2.45) is 0 Å². The van der Waals surface area contributed by atoms with E-state index in [9.17, 15) is 4.79 Å². The molecule has 0 spiro atoms. The van der Waals surface area contributed by atoms with Crippen molar-refractivity contribution in [3.8, 4) is 0 Å². The van der Waals surface area contributed by atoms with Gasteiger partial charge in [-0.05, 0) is 44.2 Å². The van der Waals surface area contributed by atoms with Crippen LogP contribution in [0.2, 0.25) is 0 Å². The number of halogens is 1. The molecule has 0 radical (unpaired) electrons. The predicted octanol–water partition coefficient (Wildman–Crippen LogP) is 4.56. The molecule has 1 fully saturated rings. The zero-order valence-corrected chi connectivity index (χ0v) is 18.7. The fraction of sp³-hybridized carbons (Fsp3) is 0.261. The van der Waals surface area contributed by atoms with Crippen LogP contribution < -0.4 is 10.2 Å². The number of aryl methyl sites for hydroxylation is 2. The zero-order chi connectivity index (χ0) is 21.1. The molecule has 0 bridgehead atoms. The molecule has 1 saturated heterocycles. The number of aromatic nitrogens is 2. The van der Waals surface area contributed by atoms with Crippen LogP contribution in [0, 0.1) is 13.8 Å². The van der Waals surface area contributed by atoms with Gasteiger partial charge in [-0.1, -0.05) is 39.7 Å². The summed E-state index contributed by atoms with van der Waals surface area (Å²) in [7, 11) is 0. The molecule has 3 aromatic rings. The number of hydrogen-bond acceptors (Lipinski definition) is 5. The minimum absolute atomic E-state index is 0.0582. The molecule has 0 unspecified atom stereocenters. The lowest BCUT2D eigenvalue weighted by Crippen LogP contribution is -2.49. The molecular weight excluding hydrogens is 442 g/mol. The molecule has 1 aromatic heterocycles. The van der Waals surface area contributed by atoms with Crippen LogP contribution in [0.3, 0.4) is 0 Å². The number of rotatable bonds is 4. The Bertz CT molecular complexity index is 1050. The average molecular weight is 466 g/mol. The van der Waals surface area contributed by atoms with Crippen LogP contribution in [-0.2, 0) is 0 Å². The SMILES string of the molecule is Cc1ccc(Nc2cc(C)nc(N3CCN(C(=O)c4cccc(Br)c4)CC3)n2)cc1. The summed E-state index contributed by atoms with van der Waals surface area (Å²) >= 11 is 3.43. The van der Waals surface area contributed by atoms with Gasteiger partial charge in [0, 0.05) is 53.7 Å². The third kappa shape index (κ3) is 4.79. The van der Waals surface area contributed by atoms with Crippen molar-refractivity contribution in [3.63, 3.8) is 0 Å². The number of amides is 1. The lowest BCUT2D eigenvalue weighted by molar-refractivity contribution is 0.0746. The Hall–Kier alpha value is -2.93. The van der Waals surface area contributed by atoms with Gasteiger partial charge in [-0.15, -0.1) is 0 Å². The summed E-state index contributed by atoms with van der Waals surface area (Å²) in [5.74, 6) is 1.52. The van der Waals surface area contributed by atoms with Crippen LogP contribution in [-0.4, -0.2) is 47.0 Å². The summed E-state index contributed by atoms with van der Waals surface area (Å²) in [5, 5.41) is 3.36. The molecule has 0 saturated carbocycles. The first-order valence-corrected chi connectivity index (χ1v) is 10.8. The lowest BCUT2D eigenvalue weighted by atomic mass is 10.2. The van der Waals surface area contributed by atoms with Gasteiger partial charge in [0.25, 0.3) is 5.91 Å². The van der Waals surface area contributed by atoms with E-state index in [4.69, 9.17) is 4.98 Å². The van der Waals surface area contributed by atoms with E-state index in [1.807, 2.05) is 54.3 Å². The number of carbonyl (C=O) groups is 1. The Balaban J connectivity index is 1.43. The summed E-state index contributed by atoms with van der Waals surface area (Å²) in [4.78, 5) is 26.1. The molecule has 7 heteroatoms. The highest BCUT2D eigenvalue weighted by molar-refractivity contribution is 9.10. The topological polar surface area (TPSA) is 61.4 Å². The van der Waals surface area contributed by atoms with Crippen LogP contribution in [0.15, 0.2) is 59.1 Å². The van der Waals surface area contributed by atoms with Gasteiger partial charge in [-0.3, -0.25) is 4.79 Å². The van der Waals surface area contributed by atoms with E-state index in [-0.39, 0.29) is 5.91 Å². The molecule has 154 valence electrons. The van der Waals surface area contributed by atoms with Gasteiger partial charge in [0.05, 0.1) is 0 Å². The molecule has 30 heavy (non-hydrogen) atoms. The fourth-order valence-corrected chi connectivity index (χ4v) is 3.86. The van der Waals surface area contributed by atoms with Crippen molar-refractivity contribution >= 4 is 39.3 Å². The van der Waals surface area contributed by atoms with E-state index in [0.29, 0.717) is 37.7 Å². The first-order valence-electron chi connectivity index (χ1n) is 9.97. The summed E-state index contributed by atoms with van der Waals surface area (Å²) in [6.45, 7) is 6.73. The number of nitrogens with zero attached hydrogens (tertiary/aromatic N) is 4. The third-order valence-corrected chi connectivity index (χ3v) is 5.58. The first kappa shape index (κ1) is 20.3. The highest BCUT2D eigenvalue weighted by Gasteiger charge is 2.24. The van der Waals surface area contributed by atoms with Crippen LogP contribution >= 0.6 is 15.9 Å². The van der Waals surface area contributed by atoms with Crippen LogP contribution in [0.1, 0.15) is 21.6 Å². The maximum absolute atomic E-state index is 12.8. The van der Waals surface area contributed by atoms with Gasteiger partial charge in [0.1, 0.15) is 5.82 Å². The number of benzene rings is 2. The van der Waals surface area contributed by atoms with Gasteiger partial charge < -0.3 is 15.1 Å². The Morgan fingerprint density at radius 2 is 1.70 bits per heavy atom. The first-order chi connectivity index (χ1) is 14.5. The van der Waals surface area contributed by atoms with E-state index < -0.39 is 0 Å². The molecule has 0 aliphatic carbocycles. The van der Waals surface area contributed by atoms with Crippen LogP contribution in [0.4, 0.5) is 17.5 Å². The van der Waals surface area contributed by atoms with Gasteiger partial charge in [0.2, 0.25) is 5.95 Å². The number of nitrogens with one attached hydrogen (secondary N) is 1. The van der Waals surface area contributed by atoms with E-state index in [1.165, 1.54) is 5.56 Å². The zero-order valence-electron chi connectivity index (χ0n) is 17.1. The summed E-state index contributed by atoms with van der Waals surface area (Å²) < 4.78 is 0.911. The Morgan fingerprint density at radius 3 is 2.40 bits per heavy atom. The van der Waals surface area contributed by atoms with E-state index >= 15 is 0 Å². The van der Waals surface area contributed by atoms with Gasteiger partial charge in [0.15, 0.2) is 0 Å². The highest BCUT2D eigenvalue weighted by Crippen LogP contribution is 2.21. The number of piperazine rings is 1.